The number of ether oxygens (including phenoxy) is 1. The summed E-state index contributed by atoms with van der Waals surface area (Å²) in [6.45, 7) is 0.0723. The van der Waals surface area contributed by atoms with Gasteiger partial charge in [-0.3, -0.25) is 14.9 Å². The molecule has 0 spiro atoms. The highest BCUT2D eigenvalue weighted by Gasteiger charge is 2.48. The first-order chi connectivity index (χ1) is 14.5. The van der Waals surface area contributed by atoms with Gasteiger partial charge in [0.25, 0.3) is 11.6 Å². The number of nitro groups is 1. The Labute approximate surface area is 178 Å². The van der Waals surface area contributed by atoms with Gasteiger partial charge in [0.2, 0.25) is 0 Å². The molecule has 4 saturated carbocycles. The normalized spacial score (nSPS) is 29.0. The molecular weight excluding hydrogens is 408 g/mol. The Bertz CT molecular complexity index is 960. The Morgan fingerprint density at radius 1 is 1.13 bits per heavy atom. The van der Waals surface area contributed by atoms with Crippen molar-refractivity contribution >= 4 is 23.2 Å². The van der Waals surface area contributed by atoms with Gasteiger partial charge in [-0.25, -0.2) is 0 Å². The quantitative estimate of drug-likeness (QED) is 0.515. The molecule has 4 aliphatic carbocycles. The van der Waals surface area contributed by atoms with E-state index in [4.69, 9.17) is 20.8 Å². The monoisotopic (exact) mass is 430 g/mol. The van der Waals surface area contributed by atoms with Crippen LogP contribution >= 0.6 is 11.6 Å². The maximum atomic E-state index is 12.7. The first-order valence-corrected chi connectivity index (χ1v) is 10.8. The van der Waals surface area contributed by atoms with Gasteiger partial charge in [0.05, 0.1) is 9.95 Å². The summed E-state index contributed by atoms with van der Waals surface area (Å²) in [4.78, 5) is 23.0. The number of nitro benzene ring substituents is 1. The van der Waals surface area contributed by atoms with Crippen molar-refractivity contribution in [3.8, 4) is 5.75 Å². The molecule has 158 valence electrons. The number of furan rings is 1. The van der Waals surface area contributed by atoms with E-state index in [9.17, 15) is 14.9 Å². The Hall–Kier alpha value is -2.54. The third kappa shape index (κ3) is 3.67. The van der Waals surface area contributed by atoms with E-state index in [-0.39, 0.29) is 35.0 Å². The van der Waals surface area contributed by atoms with E-state index < -0.39 is 4.92 Å². The third-order valence-electron chi connectivity index (χ3n) is 6.91. The summed E-state index contributed by atoms with van der Waals surface area (Å²) in [6.07, 6.45) is 6.35. The fraction of sp³-hybridized carbons (Fsp3) is 0.500. The third-order valence-corrected chi connectivity index (χ3v) is 7.20. The zero-order valence-corrected chi connectivity index (χ0v) is 17.1. The number of nitrogens with one attached hydrogen (secondary N) is 1. The van der Waals surface area contributed by atoms with Crippen molar-refractivity contribution in [2.45, 2.75) is 44.8 Å². The van der Waals surface area contributed by atoms with E-state index in [2.05, 4.69) is 5.32 Å². The number of hydrogen-bond acceptors (Lipinski definition) is 5. The predicted octanol–water partition coefficient (Wildman–Crippen LogP) is 4.97. The van der Waals surface area contributed by atoms with Crippen molar-refractivity contribution in [2.75, 3.05) is 0 Å². The van der Waals surface area contributed by atoms with Crippen LogP contribution in [0.25, 0.3) is 0 Å². The number of amides is 1. The highest BCUT2D eigenvalue weighted by atomic mass is 35.5. The summed E-state index contributed by atoms with van der Waals surface area (Å²) in [7, 11) is 0. The average Bonchev–Trinajstić information content (AvgIpc) is 3.18. The van der Waals surface area contributed by atoms with Crippen LogP contribution in [0.2, 0.25) is 5.02 Å². The van der Waals surface area contributed by atoms with Gasteiger partial charge in [-0.15, -0.1) is 0 Å². The lowest BCUT2D eigenvalue weighted by molar-refractivity contribution is -0.384. The number of benzene rings is 1. The zero-order valence-electron chi connectivity index (χ0n) is 16.4. The number of hydrogen-bond donors (Lipinski definition) is 1. The van der Waals surface area contributed by atoms with Crippen LogP contribution in [0.15, 0.2) is 34.7 Å². The number of rotatable bonds is 6. The molecule has 1 N–H and O–H groups in total. The van der Waals surface area contributed by atoms with Gasteiger partial charge in [0, 0.05) is 18.2 Å². The van der Waals surface area contributed by atoms with Crippen molar-refractivity contribution in [3.63, 3.8) is 0 Å². The molecule has 8 heteroatoms. The molecule has 0 atom stereocenters. The largest absolute Gasteiger partial charge is 0.484 e. The Morgan fingerprint density at radius 3 is 2.47 bits per heavy atom. The van der Waals surface area contributed by atoms with Crippen LogP contribution in [0.4, 0.5) is 5.69 Å². The lowest BCUT2D eigenvalue weighted by Crippen LogP contribution is -2.55. The van der Waals surface area contributed by atoms with E-state index in [0.717, 1.165) is 11.8 Å². The lowest BCUT2D eigenvalue weighted by Gasteiger charge is -2.54. The van der Waals surface area contributed by atoms with Crippen LogP contribution in [0, 0.1) is 33.8 Å². The van der Waals surface area contributed by atoms with Gasteiger partial charge in [-0.05, 0) is 74.0 Å². The maximum Gasteiger partial charge on any atom is 0.287 e. The molecule has 1 aromatic carbocycles. The van der Waals surface area contributed by atoms with E-state index in [0.29, 0.717) is 23.3 Å². The maximum absolute atomic E-state index is 12.7. The molecule has 4 aliphatic rings. The second-order valence-corrected chi connectivity index (χ2v) is 9.26. The minimum atomic E-state index is -0.517. The van der Waals surface area contributed by atoms with Gasteiger partial charge in [-0.2, -0.15) is 0 Å². The Kier molecular flexibility index (Phi) is 4.93. The van der Waals surface area contributed by atoms with Crippen molar-refractivity contribution < 1.29 is 18.9 Å². The van der Waals surface area contributed by atoms with Crippen molar-refractivity contribution in [1.82, 2.24) is 5.32 Å². The zero-order chi connectivity index (χ0) is 20.8. The molecular formula is C22H23ClN2O5. The fourth-order valence-electron chi connectivity index (χ4n) is 5.83. The van der Waals surface area contributed by atoms with E-state index in [1.165, 1.54) is 50.3 Å². The number of halogens is 1. The molecule has 0 aliphatic heterocycles. The number of carbonyl (C=O) groups excluding carboxylic acids is 1. The topological polar surface area (TPSA) is 94.6 Å². The predicted molar refractivity (Wildman–Crippen MR) is 109 cm³/mol. The molecule has 0 radical (unpaired) electrons. The second kappa shape index (κ2) is 7.61. The first-order valence-electron chi connectivity index (χ1n) is 10.4. The molecule has 1 heterocycles. The first kappa shape index (κ1) is 19.4. The van der Waals surface area contributed by atoms with Gasteiger partial charge >= 0.3 is 0 Å². The smallest absolute Gasteiger partial charge is 0.287 e. The molecule has 0 unspecified atom stereocenters. The van der Waals surface area contributed by atoms with Crippen LogP contribution in [-0.4, -0.2) is 16.9 Å². The average molecular weight is 431 g/mol. The molecule has 1 amide bonds. The Morgan fingerprint density at radius 2 is 1.83 bits per heavy atom. The highest BCUT2D eigenvalue weighted by Crippen LogP contribution is 2.53. The number of nitrogens with zero attached hydrogens (tertiary/aromatic N) is 1. The molecule has 2 aromatic rings. The van der Waals surface area contributed by atoms with Gasteiger partial charge in [0.15, 0.2) is 5.76 Å². The lowest BCUT2D eigenvalue weighted by atomic mass is 9.54. The Balaban J connectivity index is 1.19. The van der Waals surface area contributed by atoms with Crippen LogP contribution < -0.4 is 10.1 Å². The molecule has 6 rings (SSSR count). The second-order valence-electron chi connectivity index (χ2n) is 8.86. The minimum absolute atomic E-state index is 0.0723. The summed E-state index contributed by atoms with van der Waals surface area (Å²) < 4.78 is 11.3. The SMILES string of the molecule is O=C(NC1C2CC3CC(C2)CC1C3)c1ccc(COc2ccc([N+](=O)[O-])cc2Cl)o1. The van der Waals surface area contributed by atoms with Crippen molar-refractivity contribution in [1.29, 1.82) is 0 Å². The van der Waals surface area contributed by atoms with Crippen LogP contribution in [0.1, 0.15) is 48.4 Å². The summed E-state index contributed by atoms with van der Waals surface area (Å²) >= 11 is 6.04. The molecule has 4 fully saturated rings. The number of non-ortho nitro benzene ring substituents is 1. The van der Waals surface area contributed by atoms with E-state index in [1.807, 2.05) is 0 Å². The summed E-state index contributed by atoms with van der Waals surface area (Å²) in [5.74, 6) is 3.83. The van der Waals surface area contributed by atoms with E-state index >= 15 is 0 Å². The summed E-state index contributed by atoms with van der Waals surface area (Å²) in [5, 5.41) is 14.2. The van der Waals surface area contributed by atoms with Crippen LogP contribution in [-0.2, 0) is 6.61 Å². The fourth-order valence-corrected chi connectivity index (χ4v) is 6.06. The summed E-state index contributed by atoms with van der Waals surface area (Å²) in [5.41, 5.74) is -0.103. The van der Waals surface area contributed by atoms with Gasteiger partial charge in [-0.1, -0.05) is 11.6 Å². The minimum Gasteiger partial charge on any atom is -0.484 e. The molecule has 7 nitrogen and oxygen atoms in total. The standard InChI is InChI=1S/C22H23ClN2O5/c23-18-10-16(25(27)28)1-3-19(18)29-11-17-2-4-20(30-17)22(26)24-21-14-6-12-5-13(8-14)9-15(21)7-12/h1-4,10,12-15,21H,5-9,11H2,(H,24,26). The van der Waals surface area contributed by atoms with Gasteiger partial charge in [0.1, 0.15) is 18.1 Å². The number of carbonyl (C=O) groups is 1. The van der Waals surface area contributed by atoms with Crippen molar-refractivity contribution in [2.24, 2.45) is 23.7 Å². The molecule has 30 heavy (non-hydrogen) atoms. The molecule has 0 saturated heterocycles. The summed E-state index contributed by atoms with van der Waals surface area (Å²) in [6, 6.07) is 7.63. The molecule has 1 aromatic heterocycles. The highest BCUT2D eigenvalue weighted by molar-refractivity contribution is 6.32. The van der Waals surface area contributed by atoms with E-state index in [1.54, 1.807) is 12.1 Å². The van der Waals surface area contributed by atoms with Crippen molar-refractivity contribution in [3.05, 3.63) is 57.0 Å². The van der Waals surface area contributed by atoms with Gasteiger partial charge < -0.3 is 14.5 Å². The molecule has 4 bridgehead atoms. The van der Waals surface area contributed by atoms with Crippen LogP contribution in [0.5, 0.6) is 5.75 Å². The van der Waals surface area contributed by atoms with Crippen LogP contribution in [0.3, 0.4) is 0 Å².